The number of ether oxygens (including phenoxy) is 2. The summed E-state index contributed by atoms with van der Waals surface area (Å²) in [4.78, 5) is 24.9. The van der Waals surface area contributed by atoms with Crippen molar-refractivity contribution in [1.82, 2.24) is 0 Å². The van der Waals surface area contributed by atoms with Crippen LogP contribution in [0.2, 0.25) is 0 Å². The molecule has 0 amide bonds. The molecule has 0 aromatic heterocycles. The van der Waals surface area contributed by atoms with Crippen LogP contribution in [0.3, 0.4) is 0 Å². The van der Waals surface area contributed by atoms with Crippen molar-refractivity contribution in [2.24, 2.45) is 34.5 Å². The number of hydrogen-bond donors (Lipinski definition) is 0. The average molecular weight is 322 g/mol. The normalized spacial score (nSPS) is 37.9. The third-order valence-electron chi connectivity index (χ3n) is 6.58. The van der Waals surface area contributed by atoms with Crippen LogP contribution in [0.4, 0.5) is 0 Å². The highest BCUT2D eigenvalue weighted by Gasteiger charge is 2.64. The molecule has 1 saturated heterocycles. The van der Waals surface area contributed by atoms with Crippen molar-refractivity contribution in [2.45, 2.75) is 73.0 Å². The summed E-state index contributed by atoms with van der Waals surface area (Å²) < 4.78 is 11.5. The fourth-order valence-corrected chi connectivity index (χ4v) is 4.83. The molecule has 23 heavy (non-hydrogen) atoms. The van der Waals surface area contributed by atoms with Crippen LogP contribution in [0.1, 0.15) is 60.8 Å². The van der Waals surface area contributed by atoms with E-state index in [1.54, 1.807) is 0 Å². The van der Waals surface area contributed by atoms with Crippen LogP contribution in [0, 0.1) is 34.5 Å². The summed E-state index contributed by atoms with van der Waals surface area (Å²) in [5.41, 5.74) is -0.716. The van der Waals surface area contributed by atoms with Gasteiger partial charge in [-0.25, -0.2) is 0 Å². The maximum Gasteiger partial charge on any atom is 0.312 e. The Morgan fingerprint density at radius 1 is 1.26 bits per heavy atom. The van der Waals surface area contributed by atoms with Crippen LogP contribution in [0.15, 0.2) is 0 Å². The standard InChI is InChI=1S/C19H30O4/c1-10(2)9-19(6,18(3,4)5)17(21)23-14-11-7-12-13(8-11)16(20)22-15(12)14/h10-15H,7-9H2,1-6H3. The monoisotopic (exact) mass is 322 g/mol. The van der Waals surface area contributed by atoms with Gasteiger partial charge >= 0.3 is 11.9 Å². The summed E-state index contributed by atoms with van der Waals surface area (Å²) >= 11 is 0. The van der Waals surface area contributed by atoms with Crippen molar-refractivity contribution in [3.05, 3.63) is 0 Å². The molecule has 1 aliphatic heterocycles. The number of esters is 2. The first kappa shape index (κ1) is 16.8. The van der Waals surface area contributed by atoms with Gasteiger partial charge in [0.05, 0.1) is 11.3 Å². The maximum absolute atomic E-state index is 13.1. The molecule has 0 radical (unpaired) electrons. The summed E-state index contributed by atoms with van der Waals surface area (Å²) in [5, 5.41) is 0. The molecule has 3 fully saturated rings. The van der Waals surface area contributed by atoms with Gasteiger partial charge in [0.1, 0.15) is 12.2 Å². The molecule has 4 heteroatoms. The first-order chi connectivity index (χ1) is 10.5. The molecule has 0 aromatic carbocycles. The lowest BCUT2D eigenvalue weighted by Gasteiger charge is -2.42. The van der Waals surface area contributed by atoms with Gasteiger partial charge in [-0.2, -0.15) is 0 Å². The molecule has 0 aromatic rings. The molecule has 1 heterocycles. The van der Waals surface area contributed by atoms with E-state index in [2.05, 4.69) is 34.6 Å². The minimum Gasteiger partial charge on any atom is -0.458 e. The Bertz CT molecular complexity index is 518. The van der Waals surface area contributed by atoms with Gasteiger partial charge in [0, 0.05) is 11.8 Å². The molecule has 3 aliphatic rings. The lowest BCUT2D eigenvalue weighted by Crippen LogP contribution is -2.46. The zero-order valence-electron chi connectivity index (χ0n) is 15.2. The van der Waals surface area contributed by atoms with E-state index in [9.17, 15) is 9.59 Å². The molecular weight excluding hydrogens is 292 g/mol. The lowest BCUT2D eigenvalue weighted by molar-refractivity contribution is -0.178. The smallest absolute Gasteiger partial charge is 0.312 e. The molecule has 0 N–H and O–H groups in total. The third-order valence-corrected chi connectivity index (χ3v) is 6.58. The quantitative estimate of drug-likeness (QED) is 0.742. The van der Waals surface area contributed by atoms with Crippen LogP contribution in [0.5, 0.6) is 0 Å². The maximum atomic E-state index is 13.1. The van der Waals surface area contributed by atoms with E-state index < -0.39 is 5.41 Å². The van der Waals surface area contributed by atoms with Gasteiger partial charge in [-0.1, -0.05) is 34.6 Å². The van der Waals surface area contributed by atoms with E-state index in [1.807, 2.05) is 6.92 Å². The van der Waals surface area contributed by atoms with Crippen molar-refractivity contribution >= 4 is 11.9 Å². The highest BCUT2D eigenvalue weighted by Crippen LogP contribution is 2.56. The topological polar surface area (TPSA) is 52.6 Å². The third kappa shape index (κ3) is 2.49. The minimum absolute atomic E-state index is 0.0598. The Morgan fingerprint density at radius 3 is 2.48 bits per heavy atom. The zero-order chi connectivity index (χ0) is 17.2. The Balaban J connectivity index is 1.77. The van der Waals surface area contributed by atoms with Gasteiger partial charge in [-0.15, -0.1) is 0 Å². The predicted molar refractivity (Wildman–Crippen MR) is 86.5 cm³/mol. The predicted octanol–water partition coefficient (Wildman–Crippen LogP) is 3.58. The van der Waals surface area contributed by atoms with Crippen molar-refractivity contribution in [3.8, 4) is 0 Å². The average Bonchev–Trinajstić information content (AvgIpc) is 3.01. The van der Waals surface area contributed by atoms with E-state index in [1.165, 1.54) is 0 Å². The van der Waals surface area contributed by atoms with Crippen molar-refractivity contribution in [3.63, 3.8) is 0 Å². The molecule has 130 valence electrons. The lowest BCUT2D eigenvalue weighted by atomic mass is 9.64. The number of carbonyl (C=O) groups excluding carboxylic acids is 2. The molecule has 3 rings (SSSR count). The molecule has 2 bridgehead atoms. The van der Waals surface area contributed by atoms with Crippen molar-refractivity contribution < 1.29 is 19.1 Å². The van der Waals surface area contributed by atoms with Crippen LogP contribution in [-0.2, 0) is 19.1 Å². The van der Waals surface area contributed by atoms with Crippen LogP contribution in [-0.4, -0.2) is 24.1 Å². The van der Waals surface area contributed by atoms with E-state index in [4.69, 9.17) is 9.47 Å². The molecular formula is C19H30O4. The largest absolute Gasteiger partial charge is 0.458 e. The SMILES string of the molecule is CC(C)CC(C)(C(=O)OC1C2CC3C(=O)OC1C3C2)C(C)(C)C. The minimum atomic E-state index is -0.537. The summed E-state index contributed by atoms with van der Waals surface area (Å²) in [7, 11) is 0. The highest BCUT2D eigenvalue weighted by atomic mass is 16.6. The summed E-state index contributed by atoms with van der Waals surface area (Å²) in [5.74, 6) is 0.840. The zero-order valence-corrected chi connectivity index (χ0v) is 15.2. The van der Waals surface area contributed by atoms with Gasteiger partial charge < -0.3 is 9.47 Å². The van der Waals surface area contributed by atoms with Gasteiger partial charge in [0.2, 0.25) is 0 Å². The molecule has 6 atom stereocenters. The molecule has 2 aliphatic carbocycles. The first-order valence-corrected chi connectivity index (χ1v) is 8.96. The number of rotatable bonds is 4. The number of hydrogen-bond acceptors (Lipinski definition) is 4. The Labute approximate surface area is 139 Å². The van der Waals surface area contributed by atoms with Crippen LogP contribution in [0.25, 0.3) is 0 Å². The molecule has 4 nitrogen and oxygen atoms in total. The summed E-state index contributed by atoms with van der Waals surface area (Å²) in [6.07, 6.45) is 2.16. The van der Waals surface area contributed by atoms with Crippen LogP contribution < -0.4 is 0 Å². The second kappa shape index (κ2) is 5.22. The van der Waals surface area contributed by atoms with Crippen molar-refractivity contribution in [1.29, 1.82) is 0 Å². The van der Waals surface area contributed by atoms with Crippen LogP contribution >= 0.6 is 0 Å². The number of fused-ring (bicyclic) bond motifs is 1. The fraction of sp³-hybridized carbons (Fsp3) is 0.895. The van der Waals surface area contributed by atoms with E-state index >= 15 is 0 Å². The molecule has 6 unspecified atom stereocenters. The van der Waals surface area contributed by atoms with Gasteiger partial charge in [-0.05, 0) is 37.5 Å². The summed E-state index contributed by atoms with van der Waals surface area (Å²) in [6.45, 7) is 12.6. The molecule has 2 saturated carbocycles. The molecule has 0 spiro atoms. The highest BCUT2D eigenvalue weighted by molar-refractivity contribution is 5.79. The van der Waals surface area contributed by atoms with E-state index in [0.717, 1.165) is 19.3 Å². The second-order valence-corrected chi connectivity index (χ2v) is 9.45. The van der Waals surface area contributed by atoms with E-state index in [0.29, 0.717) is 11.8 Å². The Hall–Kier alpha value is -1.06. The fourth-order valence-electron chi connectivity index (χ4n) is 4.83. The van der Waals surface area contributed by atoms with Gasteiger partial charge in [-0.3, -0.25) is 9.59 Å². The van der Waals surface area contributed by atoms with Gasteiger partial charge in [0.25, 0.3) is 0 Å². The first-order valence-electron chi connectivity index (χ1n) is 8.96. The number of carbonyl (C=O) groups is 2. The van der Waals surface area contributed by atoms with E-state index in [-0.39, 0.29) is 41.4 Å². The second-order valence-electron chi connectivity index (χ2n) is 9.45. The van der Waals surface area contributed by atoms with Gasteiger partial charge in [0.15, 0.2) is 0 Å². The summed E-state index contributed by atoms with van der Waals surface area (Å²) in [6, 6.07) is 0. The Kier molecular flexibility index (Phi) is 3.81. The Morgan fingerprint density at radius 2 is 1.91 bits per heavy atom. The van der Waals surface area contributed by atoms with Crippen molar-refractivity contribution in [2.75, 3.05) is 0 Å².